The van der Waals surface area contributed by atoms with Gasteiger partial charge in [0, 0.05) is 12.3 Å². The van der Waals surface area contributed by atoms with E-state index in [-0.39, 0.29) is 11.7 Å². The van der Waals surface area contributed by atoms with E-state index in [1.807, 2.05) is 38.1 Å². The lowest BCUT2D eigenvalue weighted by molar-refractivity contribution is -0.119. The van der Waals surface area contributed by atoms with Gasteiger partial charge in [0.15, 0.2) is 0 Å². The second-order valence-corrected chi connectivity index (χ2v) is 3.31. The van der Waals surface area contributed by atoms with E-state index < -0.39 is 0 Å². The fraction of sp³-hybridized carbons (Fsp3) is 0.417. The normalized spacial score (nSPS) is 12.2. The molecule has 1 aromatic carbocycles. The minimum atomic E-state index is -0.00842. The van der Waals surface area contributed by atoms with Crippen molar-refractivity contribution in [2.75, 3.05) is 7.11 Å². The first-order chi connectivity index (χ1) is 6.69. The van der Waals surface area contributed by atoms with E-state index >= 15 is 0 Å². The van der Waals surface area contributed by atoms with Gasteiger partial charge >= 0.3 is 0 Å². The van der Waals surface area contributed by atoms with Crippen molar-refractivity contribution in [3.8, 4) is 5.75 Å². The van der Waals surface area contributed by atoms with Crippen LogP contribution in [0.15, 0.2) is 24.3 Å². The molecule has 0 amide bonds. The summed E-state index contributed by atoms with van der Waals surface area (Å²) >= 11 is 0. The van der Waals surface area contributed by atoms with Crippen molar-refractivity contribution in [2.45, 2.75) is 26.2 Å². The molecule has 0 spiro atoms. The van der Waals surface area contributed by atoms with Crippen LogP contribution in [-0.4, -0.2) is 12.9 Å². The van der Waals surface area contributed by atoms with Crippen LogP contribution in [0, 0.1) is 0 Å². The molecule has 76 valence electrons. The zero-order valence-electron chi connectivity index (χ0n) is 8.91. The van der Waals surface area contributed by atoms with Crippen molar-refractivity contribution < 1.29 is 9.53 Å². The zero-order valence-corrected chi connectivity index (χ0v) is 8.91. The maximum atomic E-state index is 11.4. The number of Topliss-reactive ketones (excluding diaryl/α,β-unsaturated/α-hetero) is 1. The van der Waals surface area contributed by atoms with Gasteiger partial charge in [-0.3, -0.25) is 4.79 Å². The van der Waals surface area contributed by atoms with Gasteiger partial charge < -0.3 is 4.74 Å². The molecule has 1 atom stereocenters. The standard InChI is InChI=1S/C12H16O2/c1-4-12(13)9(2)10-5-7-11(14-3)8-6-10/h5-9H,4H2,1-3H3/t9-/m0/s1. The van der Waals surface area contributed by atoms with Crippen LogP contribution >= 0.6 is 0 Å². The molecule has 14 heavy (non-hydrogen) atoms. The predicted octanol–water partition coefficient (Wildman–Crippen LogP) is 2.78. The highest BCUT2D eigenvalue weighted by Gasteiger charge is 2.12. The third-order valence-electron chi connectivity index (χ3n) is 2.45. The van der Waals surface area contributed by atoms with Gasteiger partial charge in [0.25, 0.3) is 0 Å². The number of ketones is 1. The van der Waals surface area contributed by atoms with Crippen molar-refractivity contribution in [3.63, 3.8) is 0 Å². The molecule has 0 aliphatic rings. The Kier molecular flexibility index (Phi) is 3.69. The first-order valence-corrected chi connectivity index (χ1v) is 4.85. The maximum absolute atomic E-state index is 11.4. The molecular weight excluding hydrogens is 176 g/mol. The number of rotatable bonds is 4. The summed E-state index contributed by atoms with van der Waals surface area (Å²) in [6, 6.07) is 7.65. The second kappa shape index (κ2) is 4.80. The lowest BCUT2D eigenvalue weighted by Crippen LogP contribution is -2.07. The van der Waals surface area contributed by atoms with Gasteiger partial charge in [0.05, 0.1) is 7.11 Å². The number of methoxy groups -OCH3 is 1. The van der Waals surface area contributed by atoms with Crippen LogP contribution in [0.4, 0.5) is 0 Å². The summed E-state index contributed by atoms with van der Waals surface area (Å²) in [6.45, 7) is 3.83. The molecule has 0 N–H and O–H groups in total. The smallest absolute Gasteiger partial charge is 0.139 e. The number of benzene rings is 1. The van der Waals surface area contributed by atoms with Gasteiger partial charge in [-0.05, 0) is 17.7 Å². The molecule has 0 heterocycles. The van der Waals surface area contributed by atoms with Crippen LogP contribution in [0.1, 0.15) is 31.7 Å². The van der Waals surface area contributed by atoms with Crippen LogP contribution in [0.5, 0.6) is 5.75 Å². The molecule has 0 aromatic heterocycles. The van der Waals surface area contributed by atoms with Gasteiger partial charge in [-0.15, -0.1) is 0 Å². The van der Waals surface area contributed by atoms with Crippen molar-refractivity contribution in [2.24, 2.45) is 0 Å². The quantitative estimate of drug-likeness (QED) is 0.733. The summed E-state index contributed by atoms with van der Waals surface area (Å²) in [7, 11) is 1.63. The largest absolute Gasteiger partial charge is 0.497 e. The number of carbonyl (C=O) groups is 1. The highest BCUT2D eigenvalue weighted by atomic mass is 16.5. The third kappa shape index (κ3) is 2.34. The molecule has 0 saturated heterocycles. The first-order valence-electron chi connectivity index (χ1n) is 4.85. The topological polar surface area (TPSA) is 26.3 Å². The molecule has 1 rings (SSSR count). The summed E-state index contributed by atoms with van der Waals surface area (Å²) in [5, 5.41) is 0. The number of hydrogen-bond acceptors (Lipinski definition) is 2. The third-order valence-corrected chi connectivity index (χ3v) is 2.45. The Morgan fingerprint density at radius 3 is 2.36 bits per heavy atom. The highest BCUT2D eigenvalue weighted by molar-refractivity contribution is 5.85. The van der Waals surface area contributed by atoms with Crippen molar-refractivity contribution >= 4 is 5.78 Å². The molecule has 1 aromatic rings. The first kappa shape index (κ1) is 10.8. The van der Waals surface area contributed by atoms with Gasteiger partial charge in [-0.1, -0.05) is 26.0 Å². The Labute approximate surface area is 84.9 Å². The van der Waals surface area contributed by atoms with E-state index in [2.05, 4.69) is 0 Å². The number of ether oxygens (including phenoxy) is 1. The van der Waals surface area contributed by atoms with Gasteiger partial charge in [-0.25, -0.2) is 0 Å². The predicted molar refractivity (Wildman–Crippen MR) is 56.7 cm³/mol. The molecular formula is C12H16O2. The molecule has 0 saturated carbocycles. The number of carbonyl (C=O) groups excluding carboxylic acids is 1. The van der Waals surface area contributed by atoms with E-state index in [1.165, 1.54) is 0 Å². The van der Waals surface area contributed by atoms with Crippen molar-refractivity contribution in [3.05, 3.63) is 29.8 Å². The monoisotopic (exact) mass is 192 g/mol. The maximum Gasteiger partial charge on any atom is 0.139 e. The Hall–Kier alpha value is -1.31. The Morgan fingerprint density at radius 2 is 1.93 bits per heavy atom. The Bertz CT molecular complexity index is 301. The number of hydrogen-bond donors (Lipinski definition) is 0. The molecule has 0 unspecified atom stereocenters. The minimum absolute atomic E-state index is 0.00842. The average molecular weight is 192 g/mol. The molecule has 0 radical (unpaired) electrons. The highest BCUT2D eigenvalue weighted by Crippen LogP contribution is 2.20. The molecule has 2 nitrogen and oxygen atoms in total. The van der Waals surface area contributed by atoms with Gasteiger partial charge in [0.1, 0.15) is 11.5 Å². The molecule has 0 bridgehead atoms. The second-order valence-electron chi connectivity index (χ2n) is 3.31. The lowest BCUT2D eigenvalue weighted by atomic mass is 9.95. The summed E-state index contributed by atoms with van der Waals surface area (Å²) < 4.78 is 5.05. The van der Waals surface area contributed by atoms with E-state index in [0.29, 0.717) is 6.42 Å². The fourth-order valence-corrected chi connectivity index (χ4v) is 1.38. The van der Waals surface area contributed by atoms with Gasteiger partial charge in [0.2, 0.25) is 0 Å². The van der Waals surface area contributed by atoms with Crippen LogP contribution in [0.3, 0.4) is 0 Å². The summed E-state index contributed by atoms with van der Waals surface area (Å²) in [5.74, 6) is 1.09. The van der Waals surface area contributed by atoms with E-state index in [9.17, 15) is 4.79 Å². The lowest BCUT2D eigenvalue weighted by Gasteiger charge is -2.09. The molecule has 0 fully saturated rings. The minimum Gasteiger partial charge on any atom is -0.497 e. The summed E-state index contributed by atoms with van der Waals surface area (Å²) in [5.41, 5.74) is 1.05. The summed E-state index contributed by atoms with van der Waals surface area (Å²) in [4.78, 5) is 11.4. The molecule has 2 heteroatoms. The SMILES string of the molecule is CCC(=O)[C@@H](C)c1ccc(OC)cc1. The molecule has 0 aliphatic carbocycles. The fourth-order valence-electron chi connectivity index (χ4n) is 1.38. The van der Waals surface area contributed by atoms with Crippen LogP contribution in [0.25, 0.3) is 0 Å². The molecule has 0 aliphatic heterocycles. The van der Waals surface area contributed by atoms with Crippen molar-refractivity contribution in [1.29, 1.82) is 0 Å². The van der Waals surface area contributed by atoms with E-state index in [4.69, 9.17) is 4.74 Å². The van der Waals surface area contributed by atoms with Gasteiger partial charge in [-0.2, -0.15) is 0 Å². The van der Waals surface area contributed by atoms with E-state index in [1.54, 1.807) is 7.11 Å². The van der Waals surface area contributed by atoms with Crippen LogP contribution in [-0.2, 0) is 4.79 Å². The zero-order chi connectivity index (χ0) is 10.6. The average Bonchev–Trinajstić information content (AvgIpc) is 2.27. The Morgan fingerprint density at radius 1 is 1.36 bits per heavy atom. The van der Waals surface area contributed by atoms with Crippen LogP contribution < -0.4 is 4.74 Å². The summed E-state index contributed by atoms with van der Waals surface area (Å²) in [6.07, 6.45) is 0.590. The van der Waals surface area contributed by atoms with Crippen molar-refractivity contribution in [1.82, 2.24) is 0 Å². The van der Waals surface area contributed by atoms with E-state index in [0.717, 1.165) is 11.3 Å². The Balaban J connectivity index is 2.81. The van der Waals surface area contributed by atoms with Crippen LogP contribution in [0.2, 0.25) is 0 Å².